The molecule has 0 aliphatic carbocycles. The Labute approximate surface area is 111 Å². The Hall–Kier alpha value is -1.38. The highest BCUT2D eigenvalue weighted by atomic mass is 79.9. The molecule has 0 aliphatic heterocycles. The molecule has 0 saturated carbocycles. The van der Waals surface area contributed by atoms with Gasteiger partial charge in [0.05, 0.1) is 5.69 Å². The topological polar surface area (TPSA) is 35.8 Å². The van der Waals surface area contributed by atoms with Crippen LogP contribution in [-0.2, 0) is 6.54 Å². The van der Waals surface area contributed by atoms with Crippen molar-refractivity contribution in [1.29, 1.82) is 5.26 Å². The number of anilines is 1. The van der Waals surface area contributed by atoms with Gasteiger partial charge in [-0.15, -0.1) is 11.3 Å². The van der Waals surface area contributed by atoms with Crippen molar-refractivity contribution in [3.63, 3.8) is 0 Å². The summed E-state index contributed by atoms with van der Waals surface area (Å²) in [6.07, 6.45) is 0. The SMILES string of the molecule is N#Cc1ccc(CNc2cc(F)ccc2Br)s1. The molecule has 17 heavy (non-hydrogen) atoms. The number of hydrogen-bond donors (Lipinski definition) is 1. The van der Waals surface area contributed by atoms with Crippen LogP contribution >= 0.6 is 27.3 Å². The van der Waals surface area contributed by atoms with Crippen molar-refractivity contribution in [1.82, 2.24) is 0 Å². The monoisotopic (exact) mass is 310 g/mol. The van der Waals surface area contributed by atoms with Crippen molar-refractivity contribution in [2.45, 2.75) is 6.54 Å². The van der Waals surface area contributed by atoms with Crippen molar-refractivity contribution in [3.8, 4) is 6.07 Å². The molecule has 0 unspecified atom stereocenters. The van der Waals surface area contributed by atoms with Crippen LogP contribution in [0.5, 0.6) is 0 Å². The molecule has 1 aromatic heterocycles. The summed E-state index contributed by atoms with van der Waals surface area (Å²) >= 11 is 4.77. The summed E-state index contributed by atoms with van der Waals surface area (Å²) in [5, 5.41) is 11.8. The number of hydrogen-bond acceptors (Lipinski definition) is 3. The second-order valence-electron chi connectivity index (χ2n) is 3.36. The predicted molar refractivity (Wildman–Crippen MR) is 70.5 cm³/mol. The minimum Gasteiger partial charge on any atom is -0.379 e. The summed E-state index contributed by atoms with van der Waals surface area (Å²) in [5.74, 6) is -0.278. The van der Waals surface area contributed by atoms with E-state index >= 15 is 0 Å². The van der Waals surface area contributed by atoms with Crippen molar-refractivity contribution >= 4 is 33.0 Å². The molecular formula is C12H8BrFN2S. The van der Waals surface area contributed by atoms with E-state index in [1.807, 2.05) is 6.07 Å². The molecule has 0 radical (unpaired) electrons. The fourth-order valence-electron chi connectivity index (χ4n) is 1.35. The average molecular weight is 311 g/mol. The van der Waals surface area contributed by atoms with Gasteiger partial charge in [-0.05, 0) is 46.3 Å². The molecule has 1 aromatic carbocycles. The quantitative estimate of drug-likeness (QED) is 0.925. The van der Waals surface area contributed by atoms with Crippen LogP contribution in [-0.4, -0.2) is 0 Å². The van der Waals surface area contributed by atoms with Crippen LogP contribution in [0.2, 0.25) is 0 Å². The lowest BCUT2D eigenvalue weighted by Gasteiger charge is -2.07. The maximum atomic E-state index is 13.0. The first-order valence-corrected chi connectivity index (χ1v) is 6.48. The van der Waals surface area contributed by atoms with Gasteiger partial charge in [0.1, 0.15) is 16.8 Å². The van der Waals surface area contributed by atoms with E-state index in [9.17, 15) is 4.39 Å². The van der Waals surface area contributed by atoms with Gasteiger partial charge in [-0.25, -0.2) is 4.39 Å². The molecule has 86 valence electrons. The van der Waals surface area contributed by atoms with Crippen LogP contribution in [0.4, 0.5) is 10.1 Å². The van der Waals surface area contributed by atoms with Gasteiger partial charge in [-0.1, -0.05) is 0 Å². The van der Waals surface area contributed by atoms with Crippen LogP contribution < -0.4 is 5.32 Å². The first-order valence-electron chi connectivity index (χ1n) is 4.87. The molecule has 5 heteroatoms. The summed E-state index contributed by atoms with van der Waals surface area (Å²) < 4.78 is 13.8. The van der Waals surface area contributed by atoms with Gasteiger partial charge in [0.15, 0.2) is 0 Å². The predicted octanol–water partition coefficient (Wildman–Crippen LogP) is 4.13. The molecule has 1 heterocycles. The summed E-state index contributed by atoms with van der Waals surface area (Å²) in [4.78, 5) is 1.72. The van der Waals surface area contributed by atoms with Gasteiger partial charge in [0.25, 0.3) is 0 Å². The fraction of sp³-hybridized carbons (Fsp3) is 0.0833. The van der Waals surface area contributed by atoms with E-state index in [2.05, 4.69) is 27.3 Å². The van der Waals surface area contributed by atoms with E-state index in [0.717, 1.165) is 9.35 Å². The molecule has 0 bridgehead atoms. The molecular weight excluding hydrogens is 303 g/mol. The summed E-state index contributed by atoms with van der Waals surface area (Å²) in [6.45, 7) is 0.578. The lowest BCUT2D eigenvalue weighted by Crippen LogP contribution is -1.98. The Balaban J connectivity index is 2.07. The molecule has 0 spiro atoms. The standard InChI is InChI=1S/C12H8BrFN2S/c13-11-4-1-8(14)5-12(11)16-7-10-3-2-9(6-15)17-10/h1-5,16H,7H2. The lowest BCUT2D eigenvalue weighted by molar-refractivity contribution is 0.628. The van der Waals surface area contributed by atoms with E-state index in [1.54, 1.807) is 12.1 Å². The Morgan fingerprint density at radius 3 is 2.88 bits per heavy atom. The molecule has 2 aromatic rings. The van der Waals surface area contributed by atoms with Crippen molar-refractivity contribution in [2.75, 3.05) is 5.32 Å². The average Bonchev–Trinajstić information content (AvgIpc) is 2.78. The third-order valence-corrected chi connectivity index (χ3v) is 3.83. The molecule has 0 aliphatic rings. The van der Waals surface area contributed by atoms with Gasteiger partial charge >= 0.3 is 0 Å². The molecule has 2 nitrogen and oxygen atoms in total. The molecule has 0 fully saturated rings. The summed E-state index contributed by atoms with van der Waals surface area (Å²) in [5.41, 5.74) is 0.705. The number of rotatable bonds is 3. The van der Waals surface area contributed by atoms with Crippen LogP contribution in [0, 0.1) is 17.1 Å². The third kappa shape index (κ3) is 3.05. The number of nitrogens with one attached hydrogen (secondary N) is 1. The second-order valence-corrected chi connectivity index (χ2v) is 5.38. The largest absolute Gasteiger partial charge is 0.379 e. The van der Waals surface area contributed by atoms with Crippen LogP contribution in [0.1, 0.15) is 9.75 Å². The number of nitriles is 1. The van der Waals surface area contributed by atoms with Crippen LogP contribution in [0.25, 0.3) is 0 Å². The maximum absolute atomic E-state index is 13.0. The van der Waals surface area contributed by atoms with Crippen LogP contribution in [0.15, 0.2) is 34.8 Å². The molecule has 1 N–H and O–H groups in total. The Kier molecular flexibility index (Phi) is 3.77. The zero-order valence-electron chi connectivity index (χ0n) is 8.71. The number of nitrogens with zero attached hydrogens (tertiary/aromatic N) is 1. The maximum Gasteiger partial charge on any atom is 0.125 e. The van der Waals surface area contributed by atoms with Crippen molar-refractivity contribution < 1.29 is 4.39 Å². The zero-order chi connectivity index (χ0) is 12.3. The highest BCUT2D eigenvalue weighted by Gasteiger charge is 2.03. The minimum absolute atomic E-state index is 0.278. The first kappa shape index (κ1) is 12.1. The first-order chi connectivity index (χ1) is 8.19. The number of halogens is 2. The molecule has 0 saturated heterocycles. The lowest BCUT2D eigenvalue weighted by atomic mass is 10.3. The van der Waals surface area contributed by atoms with E-state index in [4.69, 9.17) is 5.26 Å². The van der Waals surface area contributed by atoms with Gasteiger partial charge in [0, 0.05) is 15.9 Å². The van der Waals surface area contributed by atoms with Crippen LogP contribution in [0.3, 0.4) is 0 Å². The fourth-order valence-corrected chi connectivity index (χ4v) is 2.48. The smallest absolute Gasteiger partial charge is 0.125 e. The number of benzene rings is 1. The third-order valence-electron chi connectivity index (χ3n) is 2.15. The highest BCUT2D eigenvalue weighted by Crippen LogP contribution is 2.24. The Bertz CT molecular complexity index is 574. The van der Waals surface area contributed by atoms with Gasteiger partial charge in [0.2, 0.25) is 0 Å². The second kappa shape index (κ2) is 5.30. The van der Waals surface area contributed by atoms with E-state index in [1.165, 1.54) is 23.5 Å². The van der Waals surface area contributed by atoms with Crippen molar-refractivity contribution in [2.24, 2.45) is 0 Å². The molecule has 0 atom stereocenters. The molecule has 0 amide bonds. The van der Waals surface area contributed by atoms with E-state index in [0.29, 0.717) is 17.1 Å². The zero-order valence-corrected chi connectivity index (χ0v) is 11.1. The van der Waals surface area contributed by atoms with Gasteiger partial charge in [-0.2, -0.15) is 5.26 Å². The molecule has 2 rings (SSSR count). The number of thiophene rings is 1. The summed E-state index contributed by atoms with van der Waals surface area (Å²) in [6, 6.07) is 10.2. The Morgan fingerprint density at radius 1 is 1.35 bits per heavy atom. The van der Waals surface area contributed by atoms with E-state index < -0.39 is 0 Å². The Morgan fingerprint density at radius 2 is 2.18 bits per heavy atom. The normalized spacial score (nSPS) is 9.94. The van der Waals surface area contributed by atoms with E-state index in [-0.39, 0.29) is 5.82 Å². The highest BCUT2D eigenvalue weighted by molar-refractivity contribution is 9.10. The van der Waals surface area contributed by atoms with Gasteiger partial charge < -0.3 is 5.32 Å². The summed E-state index contributed by atoms with van der Waals surface area (Å²) in [7, 11) is 0. The minimum atomic E-state index is -0.278. The van der Waals surface area contributed by atoms with Gasteiger partial charge in [-0.3, -0.25) is 0 Å². The van der Waals surface area contributed by atoms with Crippen molar-refractivity contribution in [3.05, 3.63) is 50.4 Å².